The molecule has 6 heteroatoms. The molecule has 3 unspecified atom stereocenters. The molecule has 0 saturated heterocycles. The van der Waals surface area contributed by atoms with Crippen molar-refractivity contribution in [3.8, 4) is 5.75 Å². The number of allylic oxidation sites excluding steroid dienone is 3. The summed E-state index contributed by atoms with van der Waals surface area (Å²) in [6.07, 6.45) is 22.0. The molecule has 0 N–H and O–H groups in total. The van der Waals surface area contributed by atoms with Crippen molar-refractivity contribution < 1.29 is 9.47 Å². The van der Waals surface area contributed by atoms with Gasteiger partial charge in [0.2, 0.25) is 0 Å². The molecule has 0 spiro atoms. The van der Waals surface area contributed by atoms with Gasteiger partial charge in [-0.15, -0.1) is 0 Å². The number of nitrogens with zero attached hydrogens (tertiary/aromatic N) is 2. The fourth-order valence-corrected chi connectivity index (χ4v) is 11.7. The number of rotatable bonds is 17. The standard InChI is InChI=1S/C53H66Br2N2O2/c1-7-20-37-24-19-25-38(21-8-2)49(37)56-50(36(9-3)34-53(4,5)41-26-11-10-12-27-41)46(35-57-30-17-18-31-57)59-52-45(55)33-40-23-14-16-29-43(40)48(52)47-42-28-15-13-22-39(42)32-44(54)51(47)58-6/h10-12,17-19,24-27,30-33,36,40,43,46H,7-9,13-16,20-23,28-29,34-35H2,1-6H3/b56-50+/t36?,40?,43?,46-/m0/s1. The van der Waals surface area contributed by atoms with E-state index in [1.807, 2.05) is 7.11 Å². The Morgan fingerprint density at radius 3 is 2.24 bits per heavy atom. The number of benzene rings is 3. The van der Waals surface area contributed by atoms with Crippen LogP contribution in [-0.4, -0.2) is 23.5 Å². The third kappa shape index (κ3) is 9.75. The second kappa shape index (κ2) is 20.0. The largest absolute Gasteiger partial charge is 0.495 e. The van der Waals surface area contributed by atoms with Gasteiger partial charge in [-0.2, -0.15) is 0 Å². The molecule has 0 bridgehead atoms. The Kier molecular flexibility index (Phi) is 14.8. The summed E-state index contributed by atoms with van der Waals surface area (Å²) in [6.45, 7) is 12.4. The topological polar surface area (TPSA) is 35.8 Å². The van der Waals surface area contributed by atoms with E-state index >= 15 is 0 Å². The van der Waals surface area contributed by atoms with E-state index in [9.17, 15) is 0 Å². The number of aliphatic imine (C=N–C) groups is 1. The minimum atomic E-state index is -0.330. The molecule has 59 heavy (non-hydrogen) atoms. The van der Waals surface area contributed by atoms with Crippen LogP contribution < -0.4 is 4.74 Å². The molecule has 3 aromatic carbocycles. The third-order valence-electron chi connectivity index (χ3n) is 13.4. The second-order valence-electron chi connectivity index (χ2n) is 17.9. The summed E-state index contributed by atoms with van der Waals surface area (Å²) in [5, 5.41) is 0. The van der Waals surface area contributed by atoms with Crippen molar-refractivity contribution in [3.63, 3.8) is 0 Å². The van der Waals surface area contributed by atoms with Crippen LogP contribution in [0.15, 0.2) is 105 Å². The van der Waals surface area contributed by atoms with Crippen molar-refractivity contribution in [1.29, 1.82) is 0 Å². The van der Waals surface area contributed by atoms with Crippen molar-refractivity contribution in [3.05, 3.63) is 133 Å². The molecular weight excluding hydrogens is 856 g/mol. The minimum Gasteiger partial charge on any atom is -0.495 e. The summed E-state index contributed by atoms with van der Waals surface area (Å²) in [4.78, 5) is 6.00. The lowest BCUT2D eigenvalue weighted by Gasteiger charge is -2.40. The number of aromatic nitrogens is 1. The summed E-state index contributed by atoms with van der Waals surface area (Å²) in [5.74, 6) is 2.88. The van der Waals surface area contributed by atoms with Crippen LogP contribution in [0, 0.1) is 17.8 Å². The maximum Gasteiger partial charge on any atom is 0.155 e. The van der Waals surface area contributed by atoms with Crippen LogP contribution in [0.4, 0.5) is 5.69 Å². The predicted molar refractivity (Wildman–Crippen MR) is 255 cm³/mol. The number of ether oxygens (including phenoxy) is 2. The Morgan fingerprint density at radius 1 is 0.864 bits per heavy atom. The van der Waals surface area contributed by atoms with Crippen molar-refractivity contribution >= 4 is 48.8 Å². The average molecular weight is 923 g/mol. The highest BCUT2D eigenvalue weighted by Crippen LogP contribution is 2.54. The molecule has 1 aromatic heterocycles. The maximum atomic E-state index is 7.90. The van der Waals surface area contributed by atoms with Gasteiger partial charge in [0.05, 0.1) is 34.0 Å². The SMILES string of the molecule is CCCc1cccc(CCC)c1/N=C(\C(CC)CC(C)(C)c1ccccc1)[C@H](Cn1cccc1)OC1=C(c2c3c(cc(Br)c2OC)CCCC3)C2CCCCC2C=C1Br. The summed E-state index contributed by atoms with van der Waals surface area (Å²) >= 11 is 8.22. The Morgan fingerprint density at radius 2 is 1.56 bits per heavy atom. The number of para-hydroxylation sites is 1. The molecule has 1 fully saturated rings. The van der Waals surface area contributed by atoms with Crippen molar-refractivity contribution in [2.45, 2.75) is 143 Å². The summed E-state index contributed by atoms with van der Waals surface area (Å²) in [6, 6.07) is 24.5. The van der Waals surface area contributed by atoms with Gasteiger partial charge in [-0.3, -0.25) is 4.99 Å². The fraction of sp³-hybridized carbons (Fsp3) is 0.491. The van der Waals surface area contributed by atoms with Gasteiger partial charge in [-0.25, -0.2) is 0 Å². The summed E-state index contributed by atoms with van der Waals surface area (Å²) in [7, 11) is 1.84. The van der Waals surface area contributed by atoms with Crippen molar-refractivity contribution in [1.82, 2.24) is 4.57 Å². The van der Waals surface area contributed by atoms with Crippen LogP contribution in [0.2, 0.25) is 0 Å². The van der Waals surface area contributed by atoms with Gasteiger partial charge in [0.15, 0.2) is 6.10 Å². The average Bonchev–Trinajstić information content (AvgIpc) is 3.76. The van der Waals surface area contributed by atoms with E-state index in [1.54, 1.807) is 0 Å². The Labute approximate surface area is 372 Å². The van der Waals surface area contributed by atoms with Gasteiger partial charge < -0.3 is 14.0 Å². The van der Waals surface area contributed by atoms with E-state index in [0.29, 0.717) is 18.4 Å². The van der Waals surface area contributed by atoms with Crippen molar-refractivity contribution in [2.24, 2.45) is 22.7 Å². The lowest BCUT2D eigenvalue weighted by molar-refractivity contribution is 0.152. The molecule has 7 rings (SSSR count). The highest BCUT2D eigenvalue weighted by Gasteiger charge is 2.40. The van der Waals surface area contributed by atoms with Gasteiger partial charge in [-0.05, 0) is 159 Å². The van der Waals surface area contributed by atoms with E-state index in [4.69, 9.17) is 14.5 Å². The molecule has 4 atom stereocenters. The zero-order valence-corrected chi connectivity index (χ0v) is 39.6. The number of halogens is 2. The number of hydrogen-bond donors (Lipinski definition) is 0. The van der Waals surface area contributed by atoms with Gasteiger partial charge in [0, 0.05) is 29.4 Å². The molecule has 0 radical (unpaired) electrons. The Balaban J connectivity index is 1.48. The smallest absolute Gasteiger partial charge is 0.155 e. The van der Waals surface area contributed by atoms with E-state index in [-0.39, 0.29) is 17.4 Å². The maximum absolute atomic E-state index is 7.90. The molecular formula is C53H66Br2N2O2. The first-order valence-corrected chi connectivity index (χ1v) is 24.3. The first-order valence-electron chi connectivity index (χ1n) is 22.7. The molecule has 1 saturated carbocycles. The zero-order chi connectivity index (χ0) is 41.5. The number of aryl methyl sites for hydroxylation is 3. The van der Waals surface area contributed by atoms with Crippen LogP contribution in [-0.2, 0) is 42.4 Å². The molecule has 314 valence electrons. The lowest BCUT2D eigenvalue weighted by Crippen LogP contribution is -2.38. The zero-order valence-electron chi connectivity index (χ0n) is 36.5. The highest BCUT2D eigenvalue weighted by atomic mass is 79.9. The molecule has 4 aromatic rings. The van der Waals surface area contributed by atoms with Crippen LogP contribution in [0.1, 0.15) is 132 Å². The van der Waals surface area contributed by atoms with Gasteiger partial charge in [0.25, 0.3) is 0 Å². The van der Waals surface area contributed by atoms with Crippen LogP contribution in [0.25, 0.3) is 5.57 Å². The second-order valence-corrected chi connectivity index (χ2v) is 19.6. The van der Waals surface area contributed by atoms with Crippen LogP contribution in [0.3, 0.4) is 0 Å². The first kappa shape index (κ1) is 43.7. The molecule has 0 amide bonds. The van der Waals surface area contributed by atoms with E-state index < -0.39 is 0 Å². The molecule has 3 aliphatic rings. The van der Waals surface area contributed by atoms with E-state index in [2.05, 4.69) is 156 Å². The highest BCUT2D eigenvalue weighted by molar-refractivity contribution is 9.12. The van der Waals surface area contributed by atoms with Gasteiger partial charge in [-0.1, -0.05) is 115 Å². The summed E-state index contributed by atoms with van der Waals surface area (Å²) in [5.41, 5.74) is 11.7. The number of hydrogen-bond acceptors (Lipinski definition) is 3. The molecule has 3 aliphatic carbocycles. The van der Waals surface area contributed by atoms with E-state index in [0.717, 1.165) is 89.7 Å². The van der Waals surface area contributed by atoms with Gasteiger partial charge in [0.1, 0.15) is 11.5 Å². The molecule has 1 heterocycles. The van der Waals surface area contributed by atoms with Crippen LogP contribution in [0.5, 0.6) is 5.75 Å². The van der Waals surface area contributed by atoms with Gasteiger partial charge >= 0.3 is 0 Å². The monoisotopic (exact) mass is 920 g/mol. The number of methoxy groups -OCH3 is 1. The van der Waals surface area contributed by atoms with E-state index in [1.165, 1.54) is 71.1 Å². The molecule has 4 nitrogen and oxygen atoms in total. The fourth-order valence-electron chi connectivity index (χ4n) is 10.4. The Hall–Kier alpha value is -3.35. The van der Waals surface area contributed by atoms with Crippen LogP contribution >= 0.6 is 31.9 Å². The van der Waals surface area contributed by atoms with Crippen molar-refractivity contribution in [2.75, 3.05) is 7.11 Å². The summed E-state index contributed by atoms with van der Waals surface area (Å²) < 4.78 is 18.7. The normalized spacial score (nSPS) is 19.5. The third-order valence-corrected chi connectivity index (χ3v) is 14.6. The predicted octanol–water partition coefficient (Wildman–Crippen LogP) is 15.1. The molecule has 0 aliphatic heterocycles. The lowest BCUT2D eigenvalue weighted by atomic mass is 9.69. The first-order chi connectivity index (χ1) is 28.7. The Bertz CT molecular complexity index is 2110. The quantitative estimate of drug-likeness (QED) is 0.0989. The number of fused-ring (bicyclic) bond motifs is 2. The minimum absolute atomic E-state index is 0.0797.